The normalized spacial score (nSPS) is 14.7. The van der Waals surface area contributed by atoms with E-state index in [2.05, 4.69) is 24.3 Å². The van der Waals surface area contributed by atoms with Gasteiger partial charge in [-0.25, -0.2) is 4.79 Å². The van der Waals surface area contributed by atoms with Crippen LogP contribution < -0.4 is 0 Å². The maximum absolute atomic E-state index is 12.2. The van der Waals surface area contributed by atoms with Crippen LogP contribution in [0, 0.1) is 0 Å². The quantitative estimate of drug-likeness (QED) is 0.811. The predicted octanol–water partition coefficient (Wildman–Crippen LogP) is 3.58. The minimum atomic E-state index is 0.0315. The van der Waals surface area contributed by atoms with Gasteiger partial charge >= 0.3 is 6.03 Å². The van der Waals surface area contributed by atoms with Gasteiger partial charge in [0.05, 0.1) is 0 Å². The molecule has 0 bridgehead atoms. The van der Waals surface area contributed by atoms with E-state index in [1.165, 1.54) is 5.56 Å². The van der Waals surface area contributed by atoms with Crippen molar-refractivity contribution in [2.75, 3.05) is 13.1 Å². The molecule has 1 aliphatic rings. The first-order valence-electron chi connectivity index (χ1n) is 6.75. The van der Waals surface area contributed by atoms with Crippen LogP contribution in [0.2, 0.25) is 0 Å². The Morgan fingerprint density at radius 2 is 1.68 bits per heavy atom. The molecule has 0 atom stereocenters. The fraction of sp³-hybridized carbons (Fsp3) is 0.312. The Kier molecular flexibility index (Phi) is 4.39. The van der Waals surface area contributed by atoms with Crippen molar-refractivity contribution in [2.24, 2.45) is 0 Å². The lowest BCUT2D eigenvalue weighted by molar-refractivity contribution is 0.185. The molecule has 3 nitrogen and oxygen atoms in total. The van der Waals surface area contributed by atoms with Crippen molar-refractivity contribution in [3.8, 4) is 0 Å². The number of hydrogen-bond donors (Lipinski definition) is 0. The third-order valence-corrected chi connectivity index (χ3v) is 3.35. The predicted molar refractivity (Wildman–Crippen MR) is 77.6 cm³/mol. The van der Waals surface area contributed by atoms with Gasteiger partial charge < -0.3 is 4.90 Å². The highest BCUT2D eigenvalue weighted by Gasteiger charge is 2.17. The Labute approximate surface area is 114 Å². The molecule has 0 aliphatic carbocycles. The zero-order valence-corrected chi connectivity index (χ0v) is 11.5. The summed E-state index contributed by atoms with van der Waals surface area (Å²) in [5.74, 6) is 0.252. The number of urea groups is 1. The number of carbonyl (C=O) groups excluding carboxylic acids is 1. The van der Waals surface area contributed by atoms with Crippen LogP contribution in [-0.4, -0.2) is 28.9 Å². The fourth-order valence-corrected chi connectivity index (χ4v) is 2.17. The molecule has 100 valence electrons. The maximum atomic E-state index is 12.2. The van der Waals surface area contributed by atoms with E-state index in [1.807, 2.05) is 44.4 Å². The van der Waals surface area contributed by atoms with E-state index in [-0.39, 0.29) is 11.9 Å². The van der Waals surface area contributed by atoms with E-state index in [0.29, 0.717) is 0 Å². The summed E-state index contributed by atoms with van der Waals surface area (Å²) in [6.45, 7) is 5.45. The molecule has 2 rings (SSSR count). The number of rotatable bonds is 3. The van der Waals surface area contributed by atoms with Crippen molar-refractivity contribution in [2.45, 2.75) is 19.8 Å². The van der Waals surface area contributed by atoms with Gasteiger partial charge in [-0.15, -0.1) is 0 Å². The Bertz CT molecular complexity index is 461. The summed E-state index contributed by atoms with van der Waals surface area (Å²) >= 11 is 0. The highest BCUT2D eigenvalue weighted by molar-refractivity contribution is 5.77. The summed E-state index contributed by atoms with van der Waals surface area (Å²) in [7, 11) is 0. The summed E-state index contributed by atoms with van der Waals surface area (Å²) in [5.41, 5.74) is 1.24. The zero-order chi connectivity index (χ0) is 13.7. The van der Waals surface area contributed by atoms with Crippen molar-refractivity contribution >= 4 is 6.03 Å². The van der Waals surface area contributed by atoms with Crippen LogP contribution in [0.25, 0.3) is 0 Å². The van der Waals surface area contributed by atoms with Gasteiger partial charge in [-0.3, -0.25) is 4.90 Å². The molecular weight excluding hydrogens is 236 g/mol. The summed E-state index contributed by atoms with van der Waals surface area (Å²) in [6.07, 6.45) is 7.82. The number of benzene rings is 1. The van der Waals surface area contributed by atoms with E-state index in [1.54, 1.807) is 9.80 Å². The Morgan fingerprint density at radius 1 is 1.11 bits per heavy atom. The smallest absolute Gasteiger partial charge is 0.325 e. The topological polar surface area (TPSA) is 23.6 Å². The molecule has 3 heteroatoms. The second kappa shape index (κ2) is 6.23. The number of hydrogen-bond acceptors (Lipinski definition) is 1. The van der Waals surface area contributed by atoms with E-state index in [0.717, 1.165) is 13.1 Å². The van der Waals surface area contributed by atoms with Crippen LogP contribution in [0.3, 0.4) is 0 Å². The van der Waals surface area contributed by atoms with Crippen molar-refractivity contribution in [3.05, 3.63) is 60.4 Å². The Balaban J connectivity index is 2.05. The molecule has 0 aromatic heterocycles. The first kappa shape index (κ1) is 13.4. The van der Waals surface area contributed by atoms with Crippen molar-refractivity contribution in [1.82, 2.24) is 9.80 Å². The first-order chi connectivity index (χ1) is 9.26. The molecule has 0 fully saturated rings. The second-order valence-electron chi connectivity index (χ2n) is 4.48. The standard InChI is InChI=1S/C16H20N2O/c1-3-17(4-2)16(19)18-12-10-15(11-13-18)14-8-6-5-7-9-14/h5-13,15H,3-4H2,1-2H3. The van der Waals surface area contributed by atoms with Crippen molar-refractivity contribution < 1.29 is 4.79 Å². The molecule has 1 aromatic carbocycles. The van der Waals surface area contributed by atoms with Gasteiger partial charge in [0.2, 0.25) is 0 Å². The number of carbonyl (C=O) groups is 1. The highest BCUT2D eigenvalue weighted by Crippen LogP contribution is 2.22. The lowest BCUT2D eigenvalue weighted by Crippen LogP contribution is -2.38. The zero-order valence-electron chi connectivity index (χ0n) is 11.5. The van der Waals surface area contributed by atoms with Crippen LogP contribution in [0.5, 0.6) is 0 Å². The molecule has 0 N–H and O–H groups in total. The minimum absolute atomic E-state index is 0.0315. The molecule has 1 aromatic rings. The largest absolute Gasteiger partial charge is 0.328 e. The van der Waals surface area contributed by atoms with Gasteiger partial charge in [-0.2, -0.15) is 0 Å². The second-order valence-corrected chi connectivity index (χ2v) is 4.48. The summed E-state index contributed by atoms with van der Waals surface area (Å²) < 4.78 is 0. The lowest BCUT2D eigenvalue weighted by Gasteiger charge is -2.26. The number of allylic oxidation sites excluding steroid dienone is 2. The average Bonchev–Trinajstić information content (AvgIpc) is 2.49. The molecule has 0 spiro atoms. The van der Waals surface area contributed by atoms with Gasteiger partial charge in [0.15, 0.2) is 0 Å². The van der Waals surface area contributed by atoms with Crippen molar-refractivity contribution in [1.29, 1.82) is 0 Å². The van der Waals surface area contributed by atoms with Crippen LogP contribution in [0.4, 0.5) is 4.79 Å². The van der Waals surface area contributed by atoms with Crippen LogP contribution in [-0.2, 0) is 0 Å². The van der Waals surface area contributed by atoms with Gasteiger partial charge in [0.1, 0.15) is 0 Å². The molecule has 0 radical (unpaired) electrons. The number of amides is 2. The van der Waals surface area contributed by atoms with Gasteiger partial charge in [-0.05, 0) is 19.4 Å². The average molecular weight is 256 g/mol. The van der Waals surface area contributed by atoms with Gasteiger partial charge in [-0.1, -0.05) is 42.5 Å². The van der Waals surface area contributed by atoms with E-state index in [9.17, 15) is 4.79 Å². The van der Waals surface area contributed by atoms with E-state index >= 15 is 0 Å². The lowest BCUT2D eigenvalue weighted by atomic mass is 9.98. The molecule has 0 saturated carbocycles. The summed E-state index contributed by atoms with van der Waals surface area (Å²) in [5, 5.41) is 0. The minimum Gasteiger partial charge on any atom is -0.325 e. The molecule has 1 heterocycles. The highest BCUT2D eigenvalue weighted by atomic mass is 16.2. The first-order valence-corrected chi connectivity index (χ1v) is 6.75. The molecule has 1 aliphatic heterocycles. The van der Waals surface area contributed by atoms with Crippen LogP contribution >= 0.6 is 0 Å². The molecular formula is C16H20N2O. The number of nitrogens with zero attached hydrogens (tertiary/aromatic N) is 2. The van der Waals surface area contributed by atoms with Crippen LogP contribution in [0.15, 0.2) is 54.9 Å². The molecule has 0 unspecified atom stereocenters. The van der Waals surface area contributed by atoms with Crippen molar-refractivity contribution in [3.63, 3.8) is 0 Å². The summed E-state index contributed by atoms with van der Waals surface area (Å²) in [6, 6.07) is 10.3. The van der Waals surface area contributed by atoms with Crippen LogP contribution in [0.1, 0.15) is 25.3 Å². The third kappa shape index (κ3) is 3.05. The molecule has 0 saturated heterocycles. The Hall–Kier alpha value is -2.03. The molecule has 2 amide bonds. The SMILES string of the molecule is CCN(CC)C(=O)N1C=CC(c2ccccc2)C=C1. The summed E-state index contributed by atoms with van der Waals surface area (Å²) in [4.78, 5) is 15.6. The fourth-order valence-electron chi connectivity index (χ4n) is 2.17. The van der Waals surface area contributed by atoms with Gasteiger partial charge in [0.25, 0.3) is 0 Å². The van der Waals surface area contributed by atoms with E-state index < -0.39 is 0 Å². The molecule has 19 heavy (non-hydrogen) atoms. The van der Waals surface area contributed by atoms with E-state index in [4.69, 9.17) is 0 Å². The monoisotopic (exact) mass is 256 g/mol. The van der Waals surface area contributed by atoms with Gasteiger partial charge in [0, 0.05) is 31.4 Å². The third-order valence-electron chi connectivity index (χ3n) is 3.35. The maximum Gasteiger partial charge on any atom is 0.328 e. The Morgan fingerprint density at radius 3 is 2.21 bits per heavy atom.